The van der Waals surface area contributed by atoms with Crippen molar-refractivity contribution in [3.8, 4) is 34.9 Å². The third-order valence-corrected chi connectivity index (χ3v) is 6.76. The third kappa shape index (κ3) is 6.48. The second-order valence-electron chi connectivity index (χ2n) is 9.96. The van der Waals surface area contributed by atoms with Gasteiger partial charge in [0.15, 0.2) is 11.6 Å². The van der Waals surface area contributed by atoms with Crippen molar-refractivity contribution in [2.75, 3.05) is 33.6 Å². The lowest BCUT2D eigenvalue weighted by Gasteiger charge is -2.16. The quantitative estimate of drug-likeness (QED) is 0.208. The van der Waals surface area contributed by atoms with E-state index in [0.29, 0.717) is 22.4 Å². The van der Waals surface area contributed by atoms with Crippen LogP contribution in [0.2, 0.25) is 0 Å². The average Bonchev–Trinajstić information content (AvgIpc) is 3.36. The summed E-state index contributed by atoms with van der Waals surface area (Å²) in [5.74, 6) is 0.674. The van der Waals surface area contributed by atoms with Crippen LogP contribution in [0, 0.1) is 18.2 Å². The van der Waals surface area contributed by atoms with Crippen LogP contribution in [0.25, 0.3) is 22.3 Å². The van der Waals surface area contributed by atoms with Crippen molar-refractivity contribution in [1.82, 2.24) is 24.0 Å². The highest BCUT2D eigenvalue weighted by molar-refractivity contribution is 5.89. The van der Waals surface area contributed by atoms with Gasteiger partial charge in [-0.25, -0.2) is 27.6 Å². The van der Waals surface area contributed by atoms with Gasteiger partial charge < -0.3 is 20.3 Å². The number of carbonyl (C=O) groups excluding carboxylic acids is 1. The summed E-state index contributed by atoms with van der Waals surface area (Å²) in [7, 11) is 6.43. The van der Waals surface area contributed by atoms with Crippen molar-refractivity contribution in [3.05, 3.63) is 105 Å². The Bertz CT molecular complexity index is 1910. The molecule has 0 saturated carbocycles. The molecule has 0 fully saturated rings. The molecule has 228 valence electrons. The summed E-state index contributed by atoms with van der Waals surface area (Å²) in [6.45, 7) is 0.0984. The number of hydrogen-bond acceptors (Lipinski definition) is 5. The van der Waals surface area contributed by atoms with Crippen LogP contribution in [0.15, 0.2) is 82.3 Å². The van der Waals surface area contributed by atoms with Crippen molar-refractivity contribution in [2.45, 2.75) is 19.5 Å². The first kappa shape index (κ1) is 31.5. The van der Waals surface area contributed by atoms with E-state index in [1.54, 1.807) is 30.5 Å². The molecular formula is C32H32F2N6O4. The number of benzene rings is 2. The SMILES string of the molecule is C#C/C=C\C=C(\F)CCn1c(=O)n(-c2cccc(OC)c2F)c(=O)c2c(CN(C)C)c(-c3ccc(NC(=O)NC)cc3)cn21. The summed E-state index contributed by atoms with van der Waals surface area (Å²) in [5, 5.41) is 5.17. The van der Waals surface area contributed by atoms with Crippen LogP contribution in [0.3, 0.4) is 0 Å². The Labute approximate surface area is 252 Å². The number of ether oxygens (including phenoxy) is 1. The number of fused-ring (bicyclic) bond motifs is 1. The molecule has 12 heteroatoms. The number of amides is 2. The Hall–Kier alpha value is -5.41. The molecule has 0 unspecified atom stereocenters. The average molecular weight is 603 g/mol. The highest BCUT2D eigenvalue weighted by Gasteiger charge is 2.24. The predicted octanol–water partition coefficient (Wildman–Crippen LogP) is 4.31. The first-order valence-corrected chi connectivity index (χ1v) is 13.5. The molecule has 0 aliphatic rings. The van der Waals surface area contributed by atoms with Gasteiger partial charge in [-0.3, -0.25) is 9.31 Å². The third-order valence-electron chi connectivity index (χ3n) is 6.76. The Kier molecular flexibility index (Phi) is 9.82. The molecule has 2 aromatic heterocycles. The maximum Gasteiger partial charge on any atom is 0.350 e. The molecule has 2 N–H and O–H groups in total. The van der Waals surface area contributed by atoms with Gasteiger partial charge in [0.1, 0.15) is 11.3 Å². The molecule has 2 heterocycles. The number of nitrogens with zero attached hydrogens (tertiary/aromatic N) is 4. The van der Waals surface area contributed by atoms with E-state index in [-0.39, 0.29) is 42.5 Å². The van der Waals surface area contributed by atoms with Crippen molar-refractivity contribution in [3.63, 3.8) is 0 Å². The van der Waals surface area contributed by atoms with Gasteiger partial charge in [-0.15, -0.1) is 6.42 Å². The van der Waals surface area contributed by atoms with E-state index in [4.69, 9.17) is 11.2 Å². The second-order valence-corrected chi connectivity index (χ2v) is 9.96. The maximum atomic E-state index is 15.5. The zero-order chi connectivity index (χ0) is 32.0. The van der Waals surface area contributed by atoms with Gasteiger partial charge in [0.2, 0.25) is 0 Å². The monoisotopic (exact) mass is 602 g/mol. The van der Waals surface area contributed by atoms with Gasteiger partial charge in [-0.1, -0.05) is 30.2 Å². The van der Waals surface area contributed by atoms with E-state index < -0.39 is 22.9 Å². The fraction of sp³-hybridized carbons (Fsp3) is 0.219. The van der Waals surface area contributed by atoms with Crippen LogP contribution < -0.4 is 26.6 Å². The molecule has 0 radical (unpaired) electrons. The van der Waals surface area contributed by atoms with E-state index >= 15 is 4.39 Å². The van der Waals surface area contributed by atoms with Gasteiger partial charge in [0.25, 0.3) is 5.56 Å². The van der Waals surface area contributed by atoms with Crippen LogP contribution in [0.1, 0.15) is 12.0 Å². The zero-order valence-corrected chi connectivity index (χ0v) is 24.7. The molecule has 4 aromatic rings. The summed E-state index contributed by atoms with van der Waals surface area (Å²) < 4.78 is 38.6. The number of anilines is 1. The van der Waals surface area contributed by atoms with Crippen molar-refractivity contribution < 1.29 is 18.3 Å². The Morgan fingerprint density at radius 3 is 2.52 bits per heavy atom. The van der Waals surface area contributed by atoms with Gasteiger partial charge in [-0.2, -0.15) is 0 Å². The molecule has 0 spiro atoms. The van der Waals surface area contributed by atoms with Crippen molar-refractivity contribution in [1.29, 1.82) is 0 Å². The van der Waals surface area contributed by atoms with Crippen LogP contribution in [0.4, 0.5) is 19.3 Å². The van der Waals surface area contributed by atoms with E-state index in [2.05, 4.69) is 16.6 Å². The lowest BCUT2D eigenvalue weighted by Crippen LogP contribution is -2.42. The number of carbonyl (C=O) groups is 1. The zero-order valence-electron chi connectivity index (χ0n) is 24.7. The minimum atomic E-state index is -0.893. The van der Waals surface area contributed by atoms with Crippen LogP contribution in [-0.2, 0) is 13.1 Å². The smallest absolute Gasteiger partial charge is 0.350 e. The lowest BCUT2D eigenvalue weighted by atomic mass is 10.0. The number of methoxy groups -OCH3 is 1. The topological polar surface area (TPSA) is 102 Å². The second kappa shape index (κ2) is 13.7. The fourth-order valence-corrected chi connectivity index (χ4v) is 4.75. The normalized spacial score (nSPS) is 11.7. The number of terminal acetylenes is 1. The Morgan fingerprint density at radius 1 is 1.16 bits per heavy atom. The van der Waals surface area contributed by atoms with Crippen molar-refractivity contribution >= 4 is 17.2 Å². The number of urea groups is 1. The molecule has 0 bridgehead atoms. The highest BCUT2D eigenvalue weighted by atomic mass is 19.1. The molecule has 0 aliphatic heterocycles. The molecule has 0 saturated heterocycles. The molecular weight excluding hydrogens is 570 g/mol. The summed E-state index contributed by atoms with van der Waals surface area (Å²) in [4.78, 5) is 41.7. The molecule has 2 amide bonds. The highest BCUT2D eigenvalue weighted by Crippen LogP contribution is 2.30. The van der Waals surface area contributed by atoms with Gasteiger partial charge in [0.05, 0.1) is 19.3 Å². The summed E-state index contributed by atoms with van der Waals surface area (Å²) in [6.07, 6.45) is 10.5. The predicted molar refractivity (Wildman–Crippen MR) is 166 cm³/mol. The van der Waals surface area contributed by atoms with E-state index in [1.165, 1.54) is 59.8 Å². The Morgan fingerprint density at radius 2 is 1.89 bits per heavy atom. The van der Waals surface area contributed by atoms with E-state index in [1.807, 2.05) is 19.0 Å². The number of halogens is 2. The number of aromatic nitrogens is 3. The standard InChI is InChI=1S/C32H32F2N6O4/c1-6-7-8-10-22(33)17-18-38-32(43)40(26-11-9-12-27(44-5)28(26)34)30(41)29-25(19-37(3)4)24(20-39(29)38)21-13-15-23(16-14-21)36-31(42)35-2/h1,7-16,20H,17-19H2,2-5H3,(H2,35,36,42)/b8-7-,22-10+. The molecule has 4 rings (SSSR count). The Balaban J connectivity index is 2.02. The minimum Gasteiger partial charge on any atom is -0.494 e. The van der Waals surface area contributed by atoms with Crippen LogP contribution in [-0.4, -0.2) is 52.9 Å². The molecule has 10 nitrogen and oxygen atoms in total. The number of nitrogens with one attached hydrogen (secondary N) is 2. The molecule has 2 aromatic carbocycles. The van der Waals surface area contributed by atoms with Crippen LogP contribution in [0.5, 0.6) is 5.75 Å². The lowest BCUT2D eigenvalue weighted by molar-refractivity contribution is 0.254. The molecule has 44 heavy (non-hydrogen) atoms. The van der Waals surface area contributed by atoms with Gasteiger partial charge in [-0.05, 0) is 56.1 Å². The van der Waals surface area contributed by atoms with Gasteiger partial charge >= 0.3 is 11.7 Å². The first-order valence-electron chi connectivity index (χ1n) is 13.5. The number of hydrogen-bond donors (Lipinski definition) is 2. The largest absolute Gasteiger partial charge is 0.494 e. The molecule has 0 atom stereocenters. The first-order chi connectivity index (χ1) is 21.1. The number of rotatable bonds is 10. The maximum absolute atomic E-state index is 15.5. The summed E-state index contributed by atoms with van der Waals surface area (Å²) in [5.41, 5.74) is 0.595. The van der Waals surface area contributed by atoms with Gasteiger partial charge in [0, 0.05) is 43.0 Å². The van der Waals surface area contributed by atoms with Crippen LogP contribution >= 0.6 is 0 Å². The minimum absolute atomic E-state index is 0.111. The molecule has 0 aliphatic carbocycles. The summed E-state index contributed by atoms with van der Waals surface area (Å²) in [6, 6.07) is 10.7. The number of aryl methyl sites for hydroxylation is 1. The fourth-order valence-electron chi connectivity index (χ4n) is 4.75. The van der Waals surface area contributed by atoms with E-state index in [9.17, 15) is 18.8 Å². The van der Waals surface area contributed by atoms with Crippen molar-refractivity contribution in [2.24, 2.45) is 0 Å². The number of allylic oxidation sites excluding steroid dienone is 4. The van der Waals surface area contributed by atoms with E-state index in [0.717, 1.165) is 4.57 Å². The summed E-state index contributed by atoms with van der Waals surface area (Å²) >= 11 is 0.